The molecule has 0 bridgehead atoms. The van der Waals surface area contributed by atoms with Gasteiger partial charge in [-0.15, -0.1) is 0 Å². The number of nitrogens with one attached hydrogen (secondary N) is 1. The standard InChI is InChI=1S/C10H16N2O/c1-10(13,5-7-11-2)9-4-3-6-12-8-9/h3-4,6,8,11,13H,5,7H2,1-2H3. The molecule has 0 saturated heterocycles. The van der Waals surface area contributed by atoms with Gasteiger partial charge in [0.2, 0.25) is 0 Å². The molecule has 0 radical (unpaired) electrons. The Bertz CT molecular complexity index is 246. The van der Waals surface area contributed by atoms with Crippen LogP contribution in [0.2, 0.25) is 0 Å². The summed E-state index contributed by atoms with van der Waals surface area (Å²) in [5.74, 6) is 0. The van der Waals surface area contributed by atoms with E-state index in [0.717, 1.165) is 12.1 Å². The molecule has 1 heterocycles. The monoisotopic (exact) mass is 180 g/mol. The second-order valence-corrected chi connectivity index (χ2v) is 3.37. The van der Waals surface area contributed by atoms with Crippen LogP contribution in [0.4, 0.5) is 0 Å². The maximum absolute atomic E-state index is 10.0. The summed E-state index contributed by atoms with van der Waals surface area (Å²) < 4.78 is 0. The van der Waals surface area contributed by atoms with Crippen molar-refractivity contribution in [2.45, 2.75) is 18.9 Å². The van der Waals surface area contributed by atoms with Crippen LogP contribution in [0, 0.1) is 0 Å². The first kappa shape index (κ1) is 10.2. The molecule has 3 nitrogen and oxygen atoms in total. The van der Waals surface area contributed by atoms with Crippen LogP contribution < -0.4 is 5.32 Å². The molecule has 0 aliphatic carbocycles. The van der Waals surface area contributed by atoms with Crippen LogP contribution in [0.15, 0.2) is 24.5 Å². The Morgan fingerprint density at radius 2 is 2.38 bits per heavy atom. The van der Waals surface area contributed by atoms with Crippen LogP contribution in [0.3, 0.4) is 0 Å². The highest BCUT2D eigenvalue weighted by molar-refractivity contribution is 5.16. The van der Waals surface area contributed by atoms with E-state index in [-0.39, 0.29) is 0 Å². The zero-order valence-electron chi connectivity index (χ0n) is 8.12. The molecule has 0 aliphatic heterocycles. The summed E-state index contributed by atoms with van der Waals surface area (Å²) in [6.07, 6.45) is 4.10. The molecule has 1 atom stereocenters. The number of aliphatic hydroxyl groups is 1. The average Bonchev–Trinajstić information content (AvgIpc) is 2.16. The summed E-state index contributed by atoms with van der Waals surface area (Å²) in [5, 5.41) is 13.1. The van der Waals surface area contributed by atoms with Gasteiger partial charge in [0.05, 0.1) is 5.60 Å². The Hall–Kier alpha value is -0.930. The first-order chi connectivity index (χ1) is 6.17. The first-order valence-corrected chi connectivity index (χ1v) is 4.44. The fraction of sp³-hybridized carbons (Fsp3) is 0.500. The average molecular weight is 180 g/mol. The minimum Gasteiger partial charge on any atom is -0.385 e. The van der Waals surface area contributed by atoms with Crippen molar-refractivity contribution in [1.82, 2.24) is 10.3 Å². The van der Waals surface area contributed by atoms with Crippen LogP contribution in [0.25, 0.3) is 0 Å². The van der Waals surface area contributed by atoms with E-state index in [1.807, 2.05) is 19.2 Å². The third-order valence-electron chi connectivity index (χ3n) is 2.15. The van der Waals surface area contributed by atoms with Crippen molar-refractivity contribution in [2.75, 3.05) is 13.6 Å². The van der Waals surface area contributed by atoms with Crippen LogP contribution in [0.1, 0.15) is 18.9 Å². The van der Waals surface area contributed by atoms with Gasteiger partial charge in [0.15, 0.2) is 0 Å². The van der Waals surface area contributed by atoms with Gasteiger partial charge in [0.1, 0.15) is 0 Å². The van der Waals surface area contributed by atoms with Gasteiger partial charge in [-0.2, -0.15) is 0 Å². The summed E-state index contributed by atoms with van der Waals surface area (Å²) in [6, 6.07) is 3.73. The zero-order chi connectivity index (χ0) is 9.73. The number of rotatable bonds is 4. The molecule has 0 aliphatic rings. The van der Waals surface area contributed by atoms with Crippen molar-refractivity contribution in [2.24, 2.45) is 0 Å². The number of nitrogens with zero attached hydrogens (tertiary/aromatic N) is 1. The Morgan fingerprint density at radius 1 is 1.62 bits per heavy atom. The minimum absolute atomic E-state index is 0.690. The third kappa shape index (κ3) is 2.79. The Kier molecular flexibility index (Phi) is 3.39. The second kappa shape index (κ2) is 4.35. The Balaban J connectivity index is 2.69. The van der Waals surface area contributed by atoms with Crippen LogP contribution in [0.5, 0.6) is 0 Å². The molecule has 13 heavy (non-hydrogen) atoms. The summed E-state index contributed by atoms with van der Waals surface area (Å²) >= 11 is 0. The molecule has 3 heteroatoms. The number of pyridine rings is 1. The first-order valence-electron chi connectivity index (χ1n) is 4.44. The molecule has 1 aromatic rings. The fourth-order valence-corrected chi connectivity index (χ4v) is 1.19. The van der Waals surface area contributed by atoms with E-state index < -0.39 is 5.60 Å². The molecule has 0 aromatic carbocycles. The van der Waals surface area contributed by atoms with Gasteiger partial charge >= 0.3 is 0 Å². The third-order valence-corrected chi connectivity index (χ3v) is 2.15. The predicted molar refractivity (Wildman–Crippen MR) is 52.4 cm³/mol. The SMILES string of the molecule is CNCCC(C)(O)c1cccnc1. The van der Waals surface area contributed by atoms with Gasteiger partial charge in [-0.3, -0.25) is 4.98 Å². The molecule has 1 rings (SSSR count). The van der Waals surface area contributed by atoms with Crippen LogP contribution >= 0.6 is 0 Å². The lowest BCUT2D eigenvalue weighted by Crippen LogP contribution is -2.26. The summed E-state index contributed by atoms with van der Waals surface area (Å²) in [4.78, 5) is 3.98. The normalized spacial score (nSPS) is 15.3. The molecule has 72 valence electrons. The predicted octanol–water partition coefficient (Wildman–Crippen LogP) is 0.899. The lowest BCUT2D eigenvalue weighted by molar-refractivity contribution is 0.0482. The van der Waals surface area contributed by atoms with Crippen molar-refractivity contribution in [3.63, 3.8) is 0 Å². The van der Waals surface area contributed by atoms with E-state index in [1.165, 1.54) is 0 Å². The largest absolute Gasteiger partial charge is 0.385 e. The van der Waals surface area contributed by atoms with Crippen molar-refractivity contribution in [3.05, 3.63) is 30.1 Å². The molecular formula is C10H16N2O. The van der Waals surface area contributed by atoms with Gasteiger partial charge in [0.25, 0.3) is 0 Å². The van der Waals surface area contributed by atoms with E-state index in [4.69, 9.17) is 0 Å². The van der Waals surface area contributed by atoms with Crippen molar-refractivity contribution >= 4 is 0 Å². The molecule has 0 spiro atoms. The van der Waals surface area contributed by atoms with Crippen LogP contribution in [-0.4, -0.2) is 23.7 Å². The maximum Gasteiger partial charge on any atom is 0.0895 e. The highest BCUT2D eigenvalue weighted by Gasteiger charge is 2.21. The summed E-state index contributed by atoms with van der Waals surface area (Å²) in [5.41, 5.74) is 0.0855. The Morgan fingerprint density at radius 3 is 2.92 bits per heavy atom. The summed E-state index contributed by atoms with van der Waals surface area (Å²) in [7, 11) is 1.87. The Labute approximate surface area is 78.8 Å². The summed E-state index contributed by atoms with van der Waals surface area (Å²) in [6.45, 7) is 2.60. The van der Waals surface area contributed by atoms with E-state index in [9.17, 15) is 5.11 Å². The maximum atomic E-state index is 10.0. The number of hydrogen-bond acceptors (Lipinski definition) is 3. The molecule has 0 saturated carbocycles. The smallest absolute Gasteiger partial charge is 0.0895 e. The van der Waals surface area contributed by atoms with Gasteiger partial charge in [0, 0.05) is 18.0 Å². The van der Waals surface area contributed by atoms with E-state index >= 15 is 0 Å². The topological polar surface area (TPSA) is 45.1 Å². The van der Waals surface area contributed by atoms with Crippen molar-refractivity contribution < 1.29 is 5.11 Å². The second-order valence-electron chi connectivity index (χ2n) is 3.37. The lowest BCUT2D eigenvalue weighted by atomic mass is 9.94. The lowest BCUT2D eigenvalue weighted by Gasteiger charge is -2.22. The fourth-order valence-electron chi connectivity index (χ4n) is 1.19. The highest BCUT2D eigenvalue weighted by Crippen LogP contribution is 2.22. The molecular weight excluding hydrogens is 164 g/mol. The molecule has 2 N–H and O–H groups in total. The number of aromatic nitrogens is 1. The molecule has 0 amide bonds. The van der Waals surface area contributed by atoms with Gasteiger partial charge in [-0.25, -0.2) is 0 Å². The highest BCUT2D eigenvalue weighted by atomic mass is 16.3. The van der Waals surface area contributed by atoms with Crippen LogP contribution in [-0.2, 0) is 5.60 Å². The molecule has 0 fully saturated rings. The van der Waals surface area contributed by atoms with E-state index in [2.05, 4.69) is 10.3 Å². The minimum atomic E-state index is -0.780. The van der Waals surface area contributed by atoms with Gasteiger partial charge in [-0.05, 0) is 33.0 Å². The van der Waals surface area contributed by atoms with E-state index in [1.54, 1.807) is 19.3 Å². The zero-order valence-corrected chi connectivity index (χ0v) is 8.12. The number of hydrogen-bond donors (Lipinski definition) is 2. The molecule has 1 aromatic heterocycles. The molecule has 1 unspecified atom stereocenters. The van der Waals surface area contributed by atoms with Crippen molar-refractivity contribution in [1.29, 1.82) is 0 Å². The van der Waals surface area contributed by atoms with Gasteiger partial charge < -0.3 is 10.4 Å². The quantitative estimate of drug-likeness (QED) is 0.723. The van der Waals surface area contributed by atoms with Crippen molar-refractivity contribution in [3.8, 4) is 0 Å². The van der Waals surface area contributed by atoms with Gasteiger partial charge in [-0.1, -0.05) is 6.07 Å². The van der Waals surface area contributed by atoms with E-state index in [0.29, 0.717) is 6.42 Å².